The van der Waals surface area contributed by atoms with Crippen LogP contribution < -0.4 is 0 Å². The third kappa shape index (κ3) is 3.64. The van der Waals surface area contributed by atoms with Crippen LogP contribution in [-0.4, -0.2) is 36.9 Å². The zero-order chi connectivity index (χ0) is 27.0. The number of allylic oxidation sites excluding steroid dienone is 2. The second-order valence-electron chi connectivity index (χ2n) is 14.5. The molecular weight excluding hydrogens is 464 g/mol. The van der Waals surface area contributed by atoms with Crippen LogP contribution in [0.25, 0.3) is 0 Å². The summed E-state index contributed by atoms with van der Waals surface area (Å²) in [6.07, 6.45) is 11.6. The summed E-state index contributed by atoms with van der Waals surface area (Å²) in [4.78, 5) is 25.6. The minimum Gasteiger partial charge on any atom is -0.466 e. The Bertz CT molecular complexity index is 972. The molecule has 0 aromatic rings. The Balaban J connectivity index is 1.54. The molecule has 5 aliphatic carbocycles. The SMILES string of the molecule is COC(=O)COC(=O)C12CC[C@@H](C)C(C)C1C1=CCC3C4(C)CCC(O)C(C)C4CCC3(C)[C@]1(C)CC2. The van der Waals surface area contributed by atoms with Crippen molar-refractivity contribution in [2.75, 3.05) is 13.7 Å². The molecule has 0 spiro atoms. The Morgan fingerprint density at radius 3 is 2.41 bits per heavy atom. The average Bonchev–Trinajstić information content (AvgIpc) is 2.87. The molecule has 0 amide bonds. The molecule has 4 fully saturated rings. The lowest BCUT2D eigenvalue weighted by Gasteiger charge is -2.70. The Labute approximate surface area is 224 Å². The fourth-order valence-corrected chi connectivity index (χ4v) is 10.8. The molecular formula is C32H50O5. The molecule has 5 aliphatic rings. The van der Waals surface area contributed by atoms with Crippen LogP contribution in [-0.2, 0) is 19.1 Å². The fraction of sp³-hybridized carbons (Fsp3) is 0.875. The molecule has 0 aliphatic heterocycles. The number of aliphatic hydroxyl groups excluding tert-OH is 1. The van der Waals surface area contributed by atoms with Gasteiger partial charge in [-0.1, -0.05) is 53.2 Å². The second kappa shape index (κ2) is 9.10. The van der Waals surface area contributed by atoms with Gasteiger partial charge in [-0.3, -0.25) is 4.79 Å². The van der Waals surface area contributed by atoms with Crippen LogP contribution in [0.5, 0.6) is 0 Å². The Kier molecular flexibility index (Phi) is 6.69. The number of aliphatic hydroxyl groups is 1. The molecule has 9 unspecified atom stereocenters. The van der Waals surface area contributed by atoms with Gasteiger partial charge in [-0.15, -0.1) is 0 Å². The lowest BCUT2D eigenvalue weighted by atomic mass is 9.34. The Morgan fingerprint density at radius 2 is 1.70 bits per heavy atom. The van der Waals surface area contributed by atoms with E-state index in [4.69, 9.17) is 9.47 Å². The lowest BCUT2D eigenvalue weighted by Crippen LogP contribution is -2.64. The number of methoxy groups -OCH3 is 1. The summed E-state index contributed by atoms with van der Waals surface area (Å²) >= 11 is 0. The third-order valence-electron chi connectivity index (χ3n) is 13.5. The van der Waals surface area contributed by atoms with Gasteiger partial charge in [0.1, 0.15) is 0 Å². The number of carbonyl (C=O) groups excluding carboxylic acids is 2. The minimum absolute atomic E-state index is 0.0469. The van der Waals surface area contributed by atoms with Crippen molar-refractivity contribution < 1.29 is 24.2 Å². The van der Waals surface area contributed by atoms with E-state index in [2.05, 4.69) is 47.6 Å². The molecule has 5 rings (SSSR count). The topological polar surface area (TPSA) is 72.8 Å². The van der Waals surface area contributed by atoms with E-state index in [0.717, 1.165) is 44.9 Å². The number of ether oxygens (including phenoxy) is 2. The third-order valence-corrected chi connectivity index (χ3v) is 13.5. The van der Waals surface area contributed by atoms with Crippen LogP contribution in [0.2, 0.25) is 0 Å². The summed E-state index contributed by atoms with van der Waals surface area (Å²) in [5, 5.41) is 10.7. The number of esters is 2. The molecule has 0 aromatic heterocycles. The van der Waals surface area contributed by atoms with E-state index in [-0.39, 0.29) is 40.8 Å². The Morgan fingerprint density at radius 1 is 0.973 bits per heavy atom. The van der Waals surface area contributed by atoms with E-state index in [9.17, 15) is 14.7 Å². The van der Waals surface area contributed by atoms with Gasteiger partial charge in [0.2, 0.25) is 0 Å². The molecule has 0 heterocycles. The van der Waals surface area contributed by atoms with Crippen molar-refractivity contribution in [2.45, 2.75) is 105 Å². The summed E-state index contributed by atoms with van der Waals surface area (Å²) in [6.45, 7) is 14.3. The Hall–Kier alpha value is -1.36. The smallest absolute Gasteiger partial charge is 0.344 e. The van der Waals surface area contributed by atoms with Crippen molar-refractivity contribution in [3.05, 3.63) is 11.6 Å². The highest BCUT2D eigenvalue weighted by atomic mass is 16.6. The first kappa shape index (κ1) is 27.2. The molecule has 0 radical (unpaired) electrons. The standard InChI is InChI=1S/C32H50O5/c1-19-10-15-32(28(35)37-18-26(34)36-7)17-16-30(5)23(27(32)20(19)2)8-9-25-29(4)13-12-24(33)21(3)22(29)11-14-31(25,30)6/h8,19-22,24-25,27,33H,9-18H2,1-7H3/t19-,20?,21?,22?,24?,25?,27?,29?,30-,31?,32?/m1/s1. The van der Waals surface area contributed by atoms with E-state index in [1.54, 1.807) is 0 Å². The van der Waals surface area contributed by atoms with Crippen LogP contribution in [0.3, 0.4) is 0 Å². The van der Waals surface area contributed by atoms with E-state index in [1.165, 1.54) is 25.5 Å². The maximum atomic E-state index is 13.8. The molecule has 0 bridgehead atoms. The highest BCUT2D eigenvalue weighted by Crippen LogP contribution is 2.75. The van der Waals surface area contributed by atoms with Crippen molar-refractivity contribution in [1.82, 2.24) is 0 Å². The molecule has 0 saturated heterocycles. The zero-order valence-electron chi connectivity index (χ0n) is 24.3. The zero-order valence-corrected chi connectivity index (χ0v) is 24.3. The molecule has 11 atom stereocenters. The highest BCUT2D eigenvalue weighted by Gasteiger charge is 2.68. The summed E-state index contributed by atoms with van der Waals surface area (Å²) in [5.41, 5.74) is 1.44. The van der Waals surface area contributed by atoms with Crippen molar-refractivity contribution in [3.8, 4) is 0 Å². The van der Waals surface area contributed by atoms with Gasteiger partial charge in [0, 0.05) is 0 Å². The molecule has 4 saturated carbocycles. The second-order valence-corrected chi connectivity index (χ2v) is 14.5. The molecule has 0 aromatic carbocycles. The van der Waals surface area contributed by atoms with Crippen LogP contribution in [0.1, 0.15) is 99.3 Å². The fourth-order valence-electron chi connectivity index (χ4n) is 10.8. The molecule has 1 N–H and O–H groups in total. The van der Waals surface area contributed by atoms with Crippen molar-refractivity contribution >= 4 is 11.9 Å². The lowest BCUT2D eigenvalue weighted by molar-refractivity contribution is -0.192. The predicted octanol–water partition coefficient (Wildman–Crippen LogP) is 6.33. The van der Waals surface area contributed by atoms with Crippen molar-refractivity contribution in [2.24, 2.45) is 57.2 Å². The van der Waals surface area contributed by atoms with Crippen LogP contribution in [0, 0.1) is 57.2 Å². The quantitative estimate of drug-likeness (QED) is 0.352. The number of hydrogen-bond donors (Lipinski definition) is 1. The monoisotopic (exact) mass is 514 g/mol. The predicted molar refractivity (Wildman–Crippen MR) is 143 cm³/mol. The van der Waals surface area contributed by atoms with Gasteiger partial charge in [0.05, 0.1) is 18.6 Å². The first-order chi connectivity index (χ1) is 17.4. The van der Waals surface area contributed by atoms with Gasteiger partial charge in [-0.2, -0.15) is 0 Å². The van der Waals surface area contributed by atoms with Crippen molar-refractivity contribution in [3.63, 3.8) is 0 Å². The summed E-state index contributed by atoms with van der Waals surface area (Å²) in [6, 6.07) is 0. The van der Waals surface area contributed by atoms with Gasteiger partial charge >= 0.3 is 11.9 Å². The number of hydrogen-bond acceptors (Lipinski definition) is 5. The van der Waals surface area contributed by atoms with Gasteiger partial charge in [-0.25, -0.2) is 4.79 Å². The maximum Gasteiger partial charge on any atom is 0.344 e. The largest absolute Gasteiger partial charge is 0.466 e. The number of fused-ring (bicyclic) bond motifs is 7. The van der Waals surface area contributed by atoms with Crippen LogP contribution >= 0.6 is 0 Å². The van der Waals surface area contributed by atoms with Crippen molar-refractivity contribution in [1.29, 1.82) is 0 Å². The summed E-state index contributed by atoms with van der Waals surface area (Å²) in [5.74, 6) is 1.96. The summed E-state index contributed by atoms with van der Waals surface area (Å²) in [7, 11) is 1.33. The normalized spacial score (nSPS) is 50.9. The van der Waals surface area contributed by atoms with E-state index < -0.39 is 11.4 Å². The van der Waals surface area contributed by atoms with Gasteiger partial charge < -0.3 is 14.6 Å². The van der Waals surface area contributed by atoms with Gasteiger partial charge in [0.25, 0.3) is 0 Å². The van der Waals surface area contributed by atoms with E-state index in [0.29, 0.717) is 29.6 Å². The highest BCUT2D eigenvalue weighted by molar-refractivity contribution is 5.81. The minimum atomic E-state index is -0.543. The number of carbonyl (C=O) groups is 2. The van der Waals surface area contributed by atoms with Gasteiger partial charge in [-0.05, 0) is 110 Å². The van der Waals surface area contributed by atoms with Crippen LogP contribution in [0.15, 0.2) is 11.6 Å². The average molecular weight is 515 g/mol. The summed E-state index contributed by atoms with van der Waals surface area (Å²) < 4.78 is 10.4. The number of rotatable bonds is 3. The first-order valence-electron chi connectivity index (χ1n) is 15.0. The molecule has 5 heteroatoms. The molecule has 5 nitrogen and oxygen atoms in total. The molecule has 208 valence electrons. The first-order valence-corrected chi connectivity index (χ1v) is 15.0. The van der Waals surface area contributed by atoms with Crippen LogP contribution in [0.4, 0.5) is 0 Å². The van der Waals surface area contributed by atoms with E-state index in [1.807, 2.05) is 0 Å². The molecule has 37 heavy (non-hydrogen) atoms. The van der Waals surface area contributed by atoms with Gasteiger partial charge in [0.15, 0.2) is 6.61 Å². The maximum absolute atomic E-state index is 13.8. The van der Waals surface area contributed by atoms with E-state index >= 15 is 0 Å².